The molecule has 6 nitrogen and oxygen atoms in total. The molecule has 0 aliphatic carbocycles. The lowest BCUT2D eigenvalue weighted by molar-refractivity contribution is 0.102. The molecule has 2 aromatic rings. The second-order valence-electron chi connectivity index (χ2n) is 5.83. The van der Waals surface area contributed by atoms with Gasteiger partial charge in [0.15, 0.2) is 0 Å². The van der Waals surface area contributed by atoms with Crippen molar-refractivity contribution < 1.29 is 17.9 Å². The molecule has 0 saturated carbocycles. The van der Waals surface area contributed by atoms with Crippen molar-refractivity contribution in [3.63, 3.8) is 0 Å². The van der Waals surface area contributed by atoms with Gasteiger partial charge in [-0.05, 0) is 55.8 Å². The summed E-state index contributed by atoms with van der Waals surface area (Å²) in [5.74, 6) is -0.210. The highest BCUT2D eigenvalue weighted by Crippen LogP contribution is 2.25. The largest absolute Gasteiger partial charge is 0.495 e. The number of unbranched alkanes of at least 4 members (excludes halogenated alkanes) is 1. The first kappa shape index (κ1) is 19.9. The zero-order chi connectivity index (χ0) is 19.2. The number of hydrogen-bond acceptors (Lipinski definition) is 4. The van der Waals surface area contributed by atoms with Gasteiger partial charge in [0.25, 0.3) is 5.91 Å². The molecule has 0 atom stereocenters. The number of hydrogen-bond donors (Lipinski definition) is 2. The molecule has 0 fully saturated rings. The summed E-state index contributed by atoms with van der Waals surface area (Å²) in [6, 6.07) is 11.9. The van der Waals surface area contributed by atoms with Gasteiger partial charge >= 0.3 is 0 Å². The van der Waals surface area contributed by atoms with E-state index in [9.17, 15) is 13.2 Å². The minimum atomic E-state index is -3.74. The molecule has 2 aromatic carbocycles. The van der Waals surface area contributed by atoms with Crippen LogP contribution in [0.3, 0.4) is 0 Å². The molecule has 1 amide bonds. The molecule has 0 aliphatic rings. The van der Waals surface area contributed by atoms with Gasteiger partial charge in [0.1, 0.15) is 10.6 Å². The Kier molecular flexibility index (Phi) is 6.76. The molecule has 7 heteroatoms. The molecule has 0 aliphatic heterocycles. The van der Waals surface area contributed by atoms with Gasteiger partial charge in [0, 0.05) is 11.3 Å². The fraction of sp³-hybridized carbons (Fsp3) is 0.316. The quantitative estimate of drug-likeness (QED) is 0.741. The number of aryl methyl sites for hydroxylation is 1. The number of ether oxygens (including phenoxy) is 1. The number of nitrogens with one attached hydrogen (secondary N) is 2. The number of amides is 1. The summed E-state index contributed by atoms with van der Waals surface area (Å²) in [7, 11) is -1.05. The summed E-state index contributed by atoms with van der Waals surface area (Å²) < 4.78 is 31.5. The molecule has 0 spiro atoms. The molecule has 0 radical (unpaired) electrons. The third-order valence-corrected chi connectivity index (χ3v) is 5.45. The Bertz CT molecular complexity index is 862. The predicted octanol–water partition coefficient (Wildman–Crippen LogP) is 3.20. The zero-order valence-corrected chi connectivity index (χ0v) is 16.0. The first-order valence-corrected chi connectivity index (χ1v) is 9.91. The van der Waals surface area contributed by atoms with Crippen LogP contribution in [0.15, 0.2) is 47.4 Å². The van der Waals surface area contributed by atoms with E-state index in [1.807, 2.05) is 24.3 Å². The molecule has 2 N–H and O–H groups in total. The third-order valence-electron chi connectivity index (χ3n) is 4.01. The number of rotatable bonds is 8. The van der Waals surface area contributed by atoms with Crippen molar-refractivity contribution >= 4 is 21.6 Å². The lowest BCUT2D eigenvalue weighted by Gasteiger charge is -2.11. The van der Waals surface area contributed by atoms with E-state index >= 15 is 0 Å². The van der Waals surface area contributed by atoms with Crippen molar-refractivity contribution in [1.82, 2.24) is 4.72 Å². The topological polar surface area (TPSA) is 84.5 Å². The minimum absolute atomic E-state index is 0.0786. The highest BCUT2D eigenvalue weighted by molar-refractivity contribution is 7.89. The van der Waals surface area contributed by atoms with Crippen molar-refractivity contribution in [2.45, 2.75) is 31.1 Å². The molecule has 0 heterocycles. The first-order valence-electron chi connectivity index (χ1n) is 8.43. The Morgan fingerprint density at radius 3 is 2.38 bits per heavy atom. The monoisotopic (exact) mass is 376 g/mol. The van der Waals surface area contributed by atoms with Crippen LogP contribution in [-0.2, 0) is 16.4 Å². The van der Waals surface area contributed by atoms with E-state index in [4.69, 9.17) is 4.74 Å². The summed E-state index contributed by atoms with van der Waals surface area (Å²) in [6.07, 6.45) is 3.27. The Hall–Kier alpha value is -2.38. The van der Waals surface area contributed by atoms with Crippen molar-refractivity contribution in [3.8, 4) is 5.75 Å². The number of carbonyl (C=O) groups is 1. The second kappa shape index (κ2) is 8.82. The Labute approximate surface area is 154 Å². The van der Waals surface area contributed by atoms with Crippen LogP contribution in [0.5, 0.6) is 5.75 Å². The van der Waals surface area contributed by atoms with Crippen LogP contribution in [0.25, 0.3) is 0 Å². The fourth-order valence-electron chi connectivity index (χ4n) is 2.48. The maximum absolute atomic E-state index is 12.5. The molecule has 0 unspecified atom stereocenters. The lowest BCUT2D eigenvalue weighted by Crippen LogP contribution is -2.20. The molecule has 26 heavy (non-hydrogen) atoms. The van der Waals surface area contributed by atoms with Gasteiger partial charge in [0.2, 0.25) is 10.0 Å². The molecule has 0 saturated heterocycles. The smallest absolute Gasteiger partial charge is 0.255 e. The SMILES string of the molecule is CCCCc1ccc(NC(=O)c2ccc(OC)c(S(=O)(=O)NC)c2)cc1. The predicted molar refractivity (Wildman–Crippen MR) is 102 cm³/mol. The van der Waals surface area contributed by atoms with E-state index in [2.05, 4.69) is 17.0 Å². The Morgan fingerprint density at radius 2 is 1.81 bits per heavy atom. The highest BCUT2D eigenvalue weighted by atomic mass is 32.2. The average Bonchev–Trinajstić information content (AvgIpc) is 2.66. The van der Waals surface area contributed by atoms with E-state index in [0.717, 1.165) is 19.3 Å². The third kappa shape index (κ3) is 4.83. The van der Waals surface area contributed by atoms with Crippen molar-refractivity contribution in [2.75, 3.05) is 19.5 Å². The summed E-state index contributed by atoms with van der Waals surface area (Å²) in [4.78, 5) is 12.4. The van der Waals surface area contributed by atoms with Crippen LogP contribution >= 0.6 is 0 Å². The maximum Gasteiger partial charge on any atom is 0.255 e. The maximum atomic E-state index is 12.5. The van der Waals surface area contributed by atoms with Crippen molar-refractivity contribution in [2.24, 2.45) is 0 Å². The van der Waals surface area contributed by atoms with E-state index in [0.29, 0.717) is 5.69 Å². The van der Waals surface area contributed by atoms with E-state index in [1.54, 1.807) is 0 Å². The second-order valence-corrected chi connectivity index (χ2v) is 7.68. The van der Waals surface area contributed by atoms with Gasteiger partial charge in [-0.2, -0.15) is 0 Å². The molecular formula is C19H24N2O4S. The molecule has 0 bridgehead atoms. The van der Waals surface area contributed by atoms with Crippen molar-refractivity contribution in [1.29, 1.82) is 0 Å². The minimum Gasteiger partial charge on any atom is -0.495 e. The molecule has 2 rings (SSSR count). The van der Waals surface area contributed by atoms with Gasteiger partial charge in [0.05, 0.1) is 7.11 Å². The zero-order valence-electron chi connectivity index (χ0n) is 15.2. The fourth-order valence-corrected chi connectivity index (χ4v) is 3.40. The van der Waals surface area contributed by atoms with Gasteiger partial charge < -0.3 is 10.1 Å². The number of anilines is 1. The van der Waals surface area contributed by atoms with E-state index in [1.165, 1.54) is 37.9 Å². The van der Waals surface area contributed by atoms with Crippen LogP contribution in [0, 0.1) is 0 Å². The summed E-state index contributed by atoms with van der Waals surface area (Å²) in [6.45, 7) is 2.14. The molecule has 0 aromatic heterocycles. The van der Waals surface area contributed by atoms with Crippen LogP contribution in [0.2, 0.25) is 0 Å². The summed E-state index contributed by atoms with van der Waals surface area (Å²) in [5.41, 5.74) is 2.11. The Balaban J connectivity index is 2.20. The van der Waals surface area contributed by atoms with Gasteiger partial charge in [-0.15, -0.1) is 0 Å². The van der Waals surface area contributed by atoms with Crippen molar-refractivity contribution in [3.05, 3.63) is 53.6 Å². The van der Waals surface area contributed by atoms with Crippen LogP contribution in [-0.4, -0.2) is 28.5 Å². The summed E-state index contributed by atoms with van der Waals surface area (Å²) in [5, 5.41) is 2.78. The first-order chi connectivity index (χ1) is 12.4. The lowest BCUT2D eigenvalue weighted by atomic mass is 10.1. The number of carbonyl (C=O) groups excluding carboxylic acids is 1. The highest BCUT2D eigenvalue weighted by Gasteiger charge is 2.20. The number of benzene rings is 2. The average molecular weight is 376 g/mol. The number of sulfonamides is 1. The Morgan fingerprint density at radius 1 is 1.12 bits per heavy atom. The normalized spacial score (nSPS) is 11.2. The summed E-state index contributed by atoms with van der Waals surface area (Å²) >= 11 is 0. The van der Waals surface area contributed by atoms with E-state index < -0.39 is 10.0 Å². The number of methoxy groups -OCH3 is 1. The molecular weight excluding hydrogens is 352 g/mol. The standard InChI is InChI=1S/C19H24N2O4S/c1-4-5-6-14-7-10-16(11-8-14)21-19(22)15-9-12-17(25-3)18(13-15)26(23,24)20-2/h7-13,20H,4-6H2,1-3H3,(H,21,22). The van der Waals surface area contributed by atoms with E-state index in [-0.39, 0.29) is 22.1 Å². The van der Waals surface area contributed by atoms with Gasteiger partial charge in [-0.25, -0.2) is 13.1 Å². The van der Waals surface area contributed by atoms with Gasteiger partial charge in [-0.1, -0.05) is 25.5 Å². The van der Waals surface area contributed by atoms with Crippen LogP contribution in [0.1, 0.15) is 35.7 Å². The van der Waals surface area contributed by atoms with Gasteiger partial charge in [-0.3, -0.25) is 4.79 Å². The van der Waals surface area contributed by atoms with Crippen LogP contribution in [0.4, 0.5) is 5.69 Å². The molecule has 140 valence electrons. The van der Waals surface area contributed by atoms with Crippen LogP contribution < -0.4 is 14.8 Å².